The summed E-state index contributed by atoms with van der Waals surface area (Å²) in [5, 5.41) is 0. The highest BCUT2D eigenvalue weighted by molar-refractivity contribution is 5.94. The summed E-state index contributed by atoms with van der Waals surface area (Å²) >= 11 is 0. The molecular weight excluding hydrogens is 310 g/mol. The minimum atomic E-state index is -0.490. The highest BCUT2D eigenvalue weighted by Gasteiger charge is 2.24. The SMILES string of the molecule is O=C(c1ccncc1)N1CCC[C@@H](CCc2c(F)cccc2F)C1. The molecule has 2 heterocycles. The standard InChI is InChI=1S/C19H20F2N2O/c20-17-4-1-5-18(21)16(17)7-6-14-3-2-12-23(13-14)19(24)15-8-10-22-11-9-15/h1,4-5,8-11,14H,2-3,6-7,12-13H2/t14-/m0/s1. The van der Waals surface area contributed by atoms with Crippen molar-refractivity contribution >= 4 is 5.91 Å². The van der Waals surface area contributed by atoms with Crippen molar-refractivity contribution in [2.24, 2.45) is 5.92 Å². The lowest BCUT2D eigenvalue weighted by Gasteiger charge is -2.33. The molecule has 0 N–H and O–H groups in total. The van der Waals surface area contributed by atoms with E-state index in [0.29, 0.717) is 24.9 Å². The van der Waals surface area contributed by atoms with Gasteiger partial charge in [0.15, 0.2) is 0 Å². The number of likely N-dealkylation sites (tertiary alicyclic amines) is 1. The molecule has 1 aromatic carbocycles. The number of nitrogens with zero attached hydrogens (tertiary/aromatic N) is 2. The van der Waals surface area contributed by atoms with Gasteiger partial charge in [-0.05, 0) is 55.9 Å². The first kappa shape index (κ1) is 16.6. The maximum Gasteiger partial charge on any atom is 0.253 e. The van der Waals surface area contributed by atoms with E-state index < -0.39 is 11.6 Å². The second-order valence-electron chi connectivity index (χ2n) is 6.23. The molecule has 0 unspecified atom stereocenters. The Kier molecular flexibility index (Phi) is 5.18. The van der Waals surface area contributed by atoms with Crippen LogP contribution in [0.2, 0.25) is 0 Å². The lowest BCUT2D eigenvalue weighted by Crippen LogP contribution is -2.40. The fourth-order valence-electron chi connectivity index (χ4n) is 3.28. The number of aromatic nitrogens is 1. The summed E-state index contributed by atoms with van der Waals surface area (Å²) in [6.45, 7) is 1.36. The van der Waals surface area contributed by atoms with Crippen LogP contribution in [0, 0.1) is 17.6 Å². The molecule has 5 heteroatoms. The Morgan fingerprint density at radius 3 is 2.58 bits per heavy atom. The highest BCUT2D eigenvalue weighted by Crippen LogP contribution is 2.24. The van der Waals surface area contributed by atoms with Gasteiger partial charge in [0.2, 0.25) is 0 Å². The van der Waals surface area contributed by atoms with Gasteiger partial charge >= 0.3 is 0 Å². The van der Waals surface area contributed by atoms with Crippen molar-refractivity contribution in [3.05, 3.63) is 65.5 Å². The molecule has 3 rings (SSSR count). The summed E-state index contributed by atoms with van der Waals surface area (Å²) in [4.78, 5) is 18.3. The molecule has 126 valence electrons. The number of amides is 1. The van der Waals surface area contributed by atoms with E-state index in [1.54, 1.807) is 24.5 Å². The van der Waals surface area contributed by atoms with E-state index >= 15 is 0 Å². The van der Waals surface area contributed by atoms with Crippen molar-refractivity contribution in [3.8, 4) is 0 Å². The van der Waals surface area contributed by atoms with Gasteiger partial charge in [0.05, 0.1) is 0 Å². The number of hydrogen-bond acceptors (Lipinski definition) is 2. The lowest BCUT2D eigenvalue weighted by atomic mass is 9.91. The Labute approximate surface area is 140 Å². The van der Waals surface area contributed by atoms with Crippen LogP contribution < -0.4 is 0 Å². The van der Waals surface area contributed by atoms with E-state index in [0.717, 1.165) is 19.4 Å². The van der Waals surface area contributed by atoms with Crippen LogP contribution in [0.1, 0.15) is 35.2 Å². The molecule has 1 aliphatic rings. The van der Waals surface area contributed by atoms with Crippen molar-refractivity contribution in [1.29, 1.82) is 0 Å². The Balaban J connectivity index is 1.61. The molecule has 24 heavy (non-hydrogen) atoms. The van der Waals surface area contributed by atoms with Crippen molar-refractivity contribution in [2.75, 3.05) is 13.1 Å². The molecule has 1 aromatic heterocycles. The third-order valence-electron chi connectivity index (χ3n) is 4.60. The van der Waals surface area contributed by atoms with Gasteiger partial charge in [0.25, 0.3) is 5.91 Å². The molecule has 0 bridgehead atoms. The molecular formula is C19H20F2N2O. The number of benzene rings is 1. The zero-order valence-electron chi connectivity index (χ0n) is 13.4. The highest BCUT2D eigenvalue weighted by atomic mass is 19.1. The molecule has 0 aliphatic carbocycles. The zero-order valence-corrected chi connectivity index (χ0v) is 13.4. The summed E-state index contributed by atoms with van der Waals surface area (Å²) in [5.41, 5.74) is 0.779. The normalized spacial score (nSPS) is 17.8. The van der Waals surface area contributed by atoms with E-state index in [1.807, 2.05) is 4.90 Å². The Hall–Kier alpha value is -2.30. The monoisotopic (exact) mass is 330 g/mol. The van der Waals surface area contributed by atoms with E-state index in [-0.39, 0.29) is 17.4 Å². The number of hydrogen-bond donors (Lipinski definition) is 0. The third-order valence-corrected chi connectivity index (χ3v) is 4.60. The fourth-order valence-corrected chi connectivity index (χ4v) is 3.28. The quantitative estimate of drug-likeness (QED) is 0.853. The number of piperidine rings is 1. The predicted molar refractivity (Wildman–Crippen MR) is 87.5 cm³/mol. The van der Waals surface area contributed by atoms with Gasteiger partial charge in [-0.3, -0.25) is 9.78 Å². The van der Waals surface area contributed by atoms with Crippen molar-refractivity contribution in [3.63, 3.8) is 0 Å². The molecule has 1 amide bonds. The average Bonchev–Trinajstić information content (AvgIpc) is 2.62. The van der Waals surface area contributed by atoms with E-state index in [1.165, 1.54) is 18.2 Å². The molecule has 1 aliphatic heterocycles. The Morgan fingerprint density at radius 2 is 1.88 bits per heavy atom. The molecule has 1 atom stereocenters. The minimum absolute atomic E-state index is 0.000766. The summed E-state index contributed by atoms with van der Waals surface area (Å²) in [5.74, 6) is -0.714. The van der Waals surface area contributed by atoms with Crippen LogP contribution in [0.5, 0.6) is 0 Å². The number of carbonyl (C=O) groups excluding carboxylic acids is 1. The van der Waals surface area contributed by atoms with Gasteiger partial charge in [-0.2, -0.15) is 0 Å². The maximum atomic E-state index is 13.7. The molecule has 2 aromatic rings. The van der Waals surface area contributed by atoms with Crippen LogP contribution in [0.15, 0.2) is 42.7 Å². The van der Waals surface area contributed by atoms with Crippen LogP contribution >= 0.6 is 0 Å². The van der Waals surface area contributed by atoms with E-state index in [9.17, 15) is 13.6 Å². The molecule has 0 spiro atoms. The molecule has 3 nitrogen and oxygen atoms in total. The number of rotatable bonds is 4. The average molecular weight is 330 g/mol. The first-order chi connectivity index (χ1) is 11.6. The second-order valence-corrected chi connectivity index (χ2v) is 6.23. The summed E-state index contributed by atoms with van der Waals surface area (Å²) < 4.78 is 27.4. The van der Waals surface area contributed by atoms with Gasteiger partial charge in [-0.25, -0.2) is 8.78 Å². The van der Waals surface area contributed by atoms with Crippen LogP contribution in [-0.2, 0) is 6.42 Å². The zero-order chi connectivity index (χ0) is 16.9. The van der Waals surface area contributed by atoms with Crippen molar-refractivity contribution < 1.29 is 13.6 Å². The number of halogens is 2. The van der Waals surface area contributed by atoms with Crippen molar-refractivity contribution in [1.82, 2.24) is 9.88 Å². The van der Waals surface area contributed by atoms with E-state index in [4.69, 9.17) is 0 Å². The van der Waals surface area contributed by atoms with E-state index in [2.05, 4.69) is 4.98 Å². The molecule has 0 saturated carbocycles. The number of pyridine rings is 1. The fraction of sp³-hybridized carbons (Fsp3) is 0.368. The largest absolute Gasteiger partial charge is 0.338 e. The molecule has 0 radical (unpaired) electrons. The van der Waals surface area contributed by atoms with Gasteiger partial charge in [-0.1, -0.05) is 6.07 Å². The van der Waals surface area contributed by atoms with Crippen LogP contribution in [0.25, 0.3) is 0 Å². The summed E-state index contributed by atoms with van der Waals surface area (Å²) in [7, 11) is 0. The minimum Gasteiger partial charge on any atom is -0.338 e. The second kappa shape index (κ2) is 7.51. The first-order valence-electron chi connectivity index (χ1n) is 8.27. The topological polar surface area (TPSA) is 33.2 Å². The molecule has 1 saturated heterocycles. The van der Waals surface area contributed by atoms with Gasteiger partial charge < -0.3 is 4.90 Å². The van der Waals surface area contributed by atoms with Crippen LogP contribution in [0.4, 0.5) is 8.78 Å². The lowest BCUT2D eigenvalue weighted by molar-refractivity contribution is 0.0668. The van der Waals surface area contributed by atoms with Crippen LogP contribution in [-0.4, -0.2) is 28.9 Å². The summed E-state index contributed by atoms with van der Waals surface area (Å²) in [6, 6.07) is 7.38. The number of carbonyl (C=O) groups is 1. The Bertz CT molecular complexity index is 686. The maximum absolute atomic E-state index is 13.7. The summed E-state index contributed by atoms with van der Waals surface area (Å²) in [6.07, 6.45) is 6.15. The molecule has 1 fully saturated rings. The first-order valence-corrected chi connectivity index (χ1v) is 8.27. The van der Waals surface area contributed by atoms with Gasteiger partial charge in [0.1, 0.15) is 11.6 Å². The van der Waals surface area contributed by atoms with Crippen LogP contribution in [0.3, 0.4) is 0 Å². The van der Waals surface area contributed by atoms with Gasteiger partial charge in [0, 0.05) is 36.6 Å². The Morgan fingerprint density at radius 1 is 1.17 bits per heavy atom. The predicted octanol–water partition coefficient (Wildman–Crippen LogP) is 3.84. The van der Waals surface area contributed by atoms with Crippen molar-refractivity contribution in [2.45, 2.75) is 25.7 Å². The third kappa shape index (κ3) is 3.78. The van der Waals surface area contributed by atoms with Gasteiger partial charge in [-0.15, -0.1) is 0 Å². The smallest absolute Gasteiger partial charge is 0.253 e.